The lowest BCUT2D eigenvalue weighted by Gasteiger charge is -2.18. The summed E-state index contributed by atoms with van der Waals surface area (Å²) in [7, 11) is 0. The molecular weight excluding hydrogens is 260 g/mol. The van der Waals surface area contributed by atoms with Gasteiger partial charge in [0.2, 0.25) is 0 Å². The van der Waals surface area contributed by atoms with E-state index in [1.165, 1.54) is 4.88 Å². The van der Waals surface area contributed by atoms with Crippen LogP contribution in [-0.2, 0) is 11.3 Å². The number of hydrogen-bond donors (Lipinski definition) is 2. The Balaban J connectivity index is 2.09. The largest absolute Gasteiger partial charge is 0.482 e. The summed E-state index contributed by atoms with van der Waals surface area (Å²) in [5, 5.41) is 4.91. The van der Waals surface area contributed by atoms with E-state index < -0.39 is 0 Å². The highest BCUT2D eigenvalue weighted by Crippen LogP contribution is 2.37. The Morgan fingerprint density at radius 1 is 1.47 bits per heavy atom. The van der Waals surface area contributed by atoms with Gasteiger partial charge in [-0.15, -0.1) is 11.3 Å². The summed E-state index contributed by atoms with van der Waals surface area (Å²) in [4.78, 5) is 12.6. The third-order valence-electron chi connectivity index (χ3n) is 3.17. The van der Waals surface area contributed by atoms with Gasteiger partial charge in [-0.1, -0.05) is 6.07 Å². The molecule has 3 rings (SSSR count). The van der Waals surface area contributed by atoms with Crippen LogP contribution in [0.3, 0.4) is 0 Å². The minimum absolute atomic E-state index is 0.0812. The van der Waals surface area contributed by atoms with Crippen molar-refractivity contribution in [1.82, 2.24) is 0 Å². The molecule has 2 heterocycles. The van der Waals surface area contributed by atoms with Gasteiger partial charge in [-0.05, 0) is 41.1 Å². The fraction of sp³-hybridized carbons (Fsp3) is 0.214. The van der Waals surface area contributed by atoms with E-state index >= 15 is 0 Å². The van der Waals surface area contributed by atoms with Gasteiger partial charge in [0.25, 0.3) is 5.91 Å². The lowest BCUT2D eigenvalue weighted by atomic mass is 10.0. The van der Waals surface area contributed by atoms with Gasteiger partial charge in [-0.25, -0.2) is 0 Å². The third kappa shape index (κ3) is 2.11. The van der Waals surface area contributed by atoms with E-state index in [1.54, 1.807) is 11.3 Å². The molecule has 98 valence electrons. The Bertz CT molecular complexity index is 649. The average molecular weight is 274 g/mol. The van der Waals surface area contributed by atoms with Gasteiger partial charge in [0.15, 0.2) is 6.61 Å². The van der Waals surface area contributed by atoms with E-state index in [0.717, 1.165) is 22.4 Å². The maximum absolute atomic E-state index is 11.4. The summed E-state index contributed by atoms with van der Waals surface area (Å²) < 4.78 is 5.36. The van der Waals surface area contributed by atoms with Gasteiger partial charge in [-0.2, -0.15) is 0 Å². The number of carbonyl (C=O) groups is 1. The van der Waals surface area contributed by atoms with Crippen LogP contribution in [0.5, 0.6) is 5.75 Å². The lowest BCUT2D eigenvalue weighted by molar-refractivity contribution is -0.118. The zero-order chi connectivity index (χ0) is 13.4. The minimum Gasteiger partial charge on any atom is -0.482 e. The van der Waals surface area contributed by atoms with Crippen molar-refractivity contribution >= 4 is 22.9 Å². The van der Waals surface area contributed by atoms with E-state index in [-0.39, 0.29) is 12.5 Å². The van der Waals surface area contributed by atoms with Gasteiger partial charge < -0.3 is 15.8 Å². The summed E-state index contributed by atoms with van der Waals surface area (Å²) in [6.45, 7) is 2.67. The van der Waals surface area contributed by atoms with E-state index in [9.17, 15) is 4.79 Å². The molecule has 0 radical (unpaired) electrons. The average Bonchev–Trinajstić information content (AvgIpc) is 2.79. The van der Waals surface area contributed by atoms with Crippen molar-refractivity contribution in [3.63, 3.8) is 0 Å². The molecule has 1 amide bonds. The predicted octanol–water partition coefficient (Wildman–Crippen LogP) is 2.51. The summed E-state index contributed by atoms with van der Waals surface area (Å²) in [5.74, 6) is 0.594. The molecule has 0 unspecified atom stereocenters. The first kappa shape index (κ1) is 12.2. The minimum atomic E-state index is -0.120. The smallest absolute Gasteiger partial charge is 0.262 e. The number of anilines is 1. The van der Waals surface area contributed by atoms with Crippen molar-refractivity contribution in [3.05, 3.63) is 34.0 Å². The summed E-state index contributed by atoms with van der Waals surface area (Å²) in [5.41, 5.74) is 9.85. The molecule has 0 saturated heterocycles. The van der Waals surface area contributed by atoms with Crippen LogP contribution < -0.4 is 15.8 Å². The molecule has 1 aliphatic rings. The van der Waals surface area contributed by atoms with Crippen LogP contribution in [-0.4, -0.2) is 12.5 Å². The van der Waals surface area contributed by atoms with E-state index in [2.05, 4.69) is 17.6 Å². The van der Waals surface area contributed by atoms with Gasteiger partial charge >= 0.3 is 0 Å². The van der Waals surface area contributed by atoms with Gasteiger partial charge in [0.05, 0.1) is 5.69 Å². The van der Waals surface area contributed by atoms with Crippen molar-refractivity contribution in [1.29, 1.82) is 0 Å². The number of rotatable bonds is 2. The normalized spacial score (nSPS) is 13.7. The molecule has 0 bridgehead atoms. The lowest BCUT2D eigenvalue weighted by Crippen LogP contribution is -2.25. The van der Waals surface area contributed by atoms with Gasteiger partial charge in [0.1, 0.15) is 5.75 Å². The summed E-state index contributed by atoms with van der Waals surface area (Å²) in [6.07, 6.45) is 0. The van der Waals surface area contributed by atoms with Crippen LogP contribution in [0.25, 0.3) is 11.1 Å². The van der Waals surface area contributed by atoms with Crippen LogP contribution >= 0.6 is 11.3 Å². The Hall–Kier alpha value is -1.85. The Labute approximate surface area is 115 Å². The van der Waals surface area contributed by atoms with Crippen LogP contribution in [0.4, 0.5) is 5.69 Å². The quantitative estimate of drug-likeness (QED) is 0.884. The molecule has 0 saturated carbocycles. The predicted molar refractivity (Wildman–Crippen MR) is 76.5 cm³/mol. The van der Waals surface area contributed by atoms with Crippen molar-refractivity contribution in [2.75, 3.05) is 11.9 Å². The number of aryl methyl sites for hydroxylation is 1. The maximum Gasteiger partial charge on any atom is 0.262 e. The van der Waals surface area contributed by atoms with E-state index in [4.69, 9.17) is 10.5 Å². The number of ether oxygens (including phenoxy) is 1. The molecule has 0 fully saturated rings. The van der Waals surface area contributed by atoms with Gasteiger partial charge in [0, 0.05) is 11.4 Å². The number of nitrogens with two attached hydrogens (primary N) is 1. The molecular formula is C14H14N2O2S. The third-order valence-corrected chi connectivity index (χ3v) is 4.13. The van der Waals surface area contributed by atoms with Crippen molar-refractivity contribution in [3.8, 4) is 16.9 Å². The van der Waals surface area contributed by atoms with Crippen LogP contribution in [0.1, 0.15) is 10.4 Å². The molecule has 1 aromatic heterocycles. The number of amides is 1. The number of carbonyl (C=O) groups excluding carboxylic acids is 1. The molecule has 2 aromatic rings. The molecule has 0 atom stereocenters. The van der Waals surface area contributed by atoms with Crippen molar-refractivity contribution in [2.24, 2.45) is 5.73 Å². The topological polar surface area (TPSA) is 64.3 Å². The first-order chi connectivity index (χ1) is 9.19. The number of nitrogens with one attached hydrogen (secondary N) is 1. The Morgan fingerprint density at radius 3 is 3.11 bits per heavy atom. The highest BCUT2D eigenvalue weighted by molar-refractivity contribution is 7.10. The molecule has 1 aliphatic heterocycles. The first-order valence-electron chi connectivity index (χ1n) is 6.03. The first-order valence-corrected chi connectivity index (χ1v) is 6.91. The molecule has 1 aromatic carbocycles. The number of hydrogen-bond acceptors (Lipinski definition) is 4. The SMILES string of the molecule is Cc1scc(CN)c1-c1ccc2c(c1)NC(=O)CO2. The monoisotopic (exact) mass is 274 g/mol. The van der Waals surface area contributed by atoms with Crippen LogP contribution in [0.15, 0.2) is 23.6 Å². The van der Waals surface area contributed by atoms with Crippen molar-refractivity contribution in [2.45, 2.75) is 13.5 Å². The van der Waals surface area contributed by atoms with E-state index in [1.807, 2.05) is 18.2 Å². The van der Waals surface area contributed by atoms with Gasteiger partial charge in [-0.3, -0.25) is 4.79 Å². The molecule has 3 N–H and O–H groups in total. The molecule has 0 aliphatic carbocycles. The number of thiophene rings is 1. The standard InChI is InChI=1S/C14H14N2O2S/c1-8-14(10(5-15)7-19-8)9-2-3-12-11(4-9)16-13(17)6-18-12/h2-4,7H,5-6,15H2,1H3,(H,16,17). The molecule has 19 heavy (non-hydrogen) atoms. The zero-order valence-corrected chi connectivity index (χ0v) is 11.3. The summed E-state index contributed by atoms with van der Waals surface area (Å²) in [6, 6.07) is 5.84. The summed E-state index contributed by atoms with van der Waals surface area (Å²) >= 11 is 1.69. The zero-order valence-electron chi connectivity index (χ0n) is 10.5. The second-order valence-electron chi connectivity index (χ2n) is 4.44. The Kier molecular flexibility index (Phi) is 3.00. The van der Waals surface area contributed by atoms with E-state index in [0.29, 0.717) is 12.3 Å². The number of fused-ring (bicyclic) bond motifs is 1. The molecule has 5 heteroatoms. The highest BCUT2D eigenvalue weighted by Gasteiger charge is 2.18. The van der Waals surface area contributed by atoms with Crippen LogP contribution in [0.2, 0.25) is 0 Å². The Morgan fingerprint density at radius 2 is 2.32 bits per heavy atom. The van der Waals surface area contributed by atoms with Crippen molar-refractivity contribution < 1.29 is 9.53 Å². The fourth-order valence-corrected chi connectivity index (χ4v) is 3.18. The maximum atomic E-state index is 11.4. The second-order valence-corrected chi connectivity index (χ2v) is 5.53. The van der Waals surface area contributed by atoms with Crippen LogP contribution in [0, 0.1) is 6.92 Å². The molecule has 4 nitrogen and oxygen atoms in total. The molecule has 0 spiro atoms. The second kappa shape index (κ2) is 4.68. The highest BCUT2D eigenvalue weighted by atomic mass is 32.1. The fourth-order valence-electron chi connectivity index (χ4n) is 2.28. The number of benzene rings is 1.